The van der Waals surface area contributed by atoms with Crippen LogP contribution in [0.25, 0.3) is 11.1 Å². The van der Waals surface area contributed by atoms with E-state index in [4.69, 9.17) is 9.60 Å². The molecule has 0 aromatic heterocycles. The van der Waals surface area contributed by atoms with E-state index in [1.165, 1.54) is 0 Å². The zero-order chi connectivity index (χ0) is 17.4. The quantitative estimate of drug-likeness (QED) is 0.614. The summed E-state index contributed by atoms with van der Waals surface area (Å²) in [4.78, 5) is 0. The van der Waals surface area contributed by atoms with Crippen LogP contribution in [0.4, 0.5) is 0 Å². The molecule has 0 radical (unpaired) electrons. The minimum Gasteiger partial charge on any atom is -0.0619 e. The van der Waals surface area contributed by atoms with Gasteiger partial charge in [0.1, 0.15) is 0 Å². The van der Waals surface area contributed by atoms with Crippen LogP contribution < -0.4 is 0 Å². The highest BCUT2D eigenvalue weighted by molar-refractivity contribution is 5.80. The average molecular weight is 215 g/mol. The van der Waals surface area contributed by atoms with Crippen molar-refractivity contribution >= 4 is 0 Å². The monoisotopic (exact) mass is 215 g/mol. The summed E-state index contributed by atoms with van der Waals surface area (Å²) in [7, 11) is 0. The first-order valence-electron chi connectivity index (χ1n) is 8.75. The highest BCUT2D eigenvalue weighted by atomic mass is 14.4. The summed E-state index contributed by atoms with van der Waals surface area (Å²) in [6.07, 6.45) is 0. The minimum absolute atomic E-state index is 0.0650. The summed E-state index contributed by atoms with van der Waals surface area (Å²) >= 11 is 0. The van der Waals surface area contributed by atoms with E-state index in [2.05, 4.69) is 0 Å². The van der Waals surface area contributed by atoms with Gasteiger partial charge in [-0.1, -0.05) is 61.7 Å². The fourth-order valence-electron chi connectivity index (χ4n) is 2.25. The first-order chi connectivity index (χ1) is 10.5. The van der Waals surface area contributed by atoms with E-state index >= 15 is 0 Å². The summed E-state index contributed by atoms with van der Waals surface area (Å²) < 4.78 is 57.0. The van der Waals surface area contributed by atoms with Crippen LogP contribution in [0.1, 0.15) is 40.1 Å². The lowest BCUT2D eigenvalue weighted by Crippen LogP contribution is -2.14. The summed E-state index contributed by atoms with van der Waals surface area (Å²) in [5, 5.41) is 0. The van der Waals surface area contributed by atoms with E-state index in [9.17, 15) is 0 Å². The second-order valence-corrected chi connectivity index (χ2v) is 4.62. The molecule has 80 valence electrons. The zero-order valence-electron chi connectivity index (χ0n) is 16.5. The molecule has 0 N–H and O–H groups in total. The van der Waals surface area contributed by atoms with Crippen molar-refractivity contribution in [2.24, 2.45) is 0 Å². The molecule has 2 aromatic carbocycles. The maximum absolute atomic E-state index is 8.37. The smallest absolute Gasteiger partial charge is 0.0619 e. The molecule has 16 heavy (non-hydrogen) atoms. The highest BCUT2D eigenvalue weighted by Gasteiger charge is 2.34. The van der Waals surface area contributed by atoms with Crippen LogP contribution >= 0.6 is 0 Å². The molecule has 2 aromatic rings. The lowest BCUT2D eigenvalue weighted by atomic mass is 9.82. The van der Waals surface area contributed by atoms with Gasteiger partial charge in [0, 0.05) is 5.41 Å². The maximum atomic E-state index is 8.37. The van der Waals surface area contributed by atoms with E-state index < -0.39 is 5.41 Å². The summed E-state index contributed by atoms with van der Waals surface area (Å²) in [6, 6.07) is -1.01. The van der Waals surface area contributed by atoms with Gasteiger partial charge in [-0.25, -0.2) is 0 Å². The van der Waals surface area contributed by atoms with Gasteiger partial charge in [0.15, 0.2) is 0 Å². The molecule has 0 heterocycles. The third-order valence-corrected chi connectivity index (χ3v) is 3.12. The van der Waals surface area contributed by atoms with E-state index in [-0.39, 0.29) is 47.9 Å². The number of hydrogen-bond donors (Lipinski definition) is 0. The van der Waals surface area contributed by atoms with Gasteiger partial charge in [0.05, 0.1) is 9.60 Å². The fraction of sp³-hybridized carbons (Fsp3) is 0.250. The van der Waals surface area contributed by atoms with E-state index in [0.29, 0.717) is 22.3 Å². The Bertz CT molecular complexity index is 810. The van der Waals surface area contributed by atoms with E-state index in [1.807, 2.05) is 0 Å². The largest absolute Gasteiger partial charge is 0.0629 e. The molecule has 0 saturated carbocycles. The highest BCUT2D eigenvalue weighted by Crippen LogP contribution is 2.48. The minimum atomic E-state index is -0.813. The third kappa shape index (κ3) is 1.10. The Hall–Kier alpha value is -1.56. The van der Waals surface area contributed by atoms with Crippen LogP contribution in [0.3, 0.4) is 0 Å². The van der Waals surface area contributed by atoms with Crippen LogP contribution in [-0.4, -0.2) is 0 Å². The SMILES string of the molecule is [2H]c1c([2H])c([2H])c2c(c1[2H])-c1c([2H])c([2H])c(C)c([2H])c1C2(C)C. The van der Waals surface area contributed by atoms with Crippen molar-refractivity contribution in [1.82, 2.24) is 0 Å². The number of hydrogen-bond acceptors (Lipinski definition) is 0. The standard InChI is InChI=1S/C16H16/c1-11-8-9-13-12-6-4-5-7-14(12)16(2,3)15(13)10-11/h4-10H,1-3H3/i4D,5D,6D,7D,8D,9D,10D. The third-order valence-electron chi connectivity index (χ3n) is 3.12. The summed E-state index contributed by atoms with van der Waals surface area (Å²) in [5.74, 6) is 0. The maximum Gasteiger partial charge on any atom is 0.0629 e. The van der Waals surface area contributed by atoms with Crippen LogP contribution in [-0.2, 0) is 5.41 Å². The molecule has 0 saturated heterocycles. The molecule has 0 fully saturated rings. The van der Waals surface area contributed by atoms with Crippen molar-refractivity contribution in [3.05, 3.63) is 59.0 Å². The molecular formula is C16H16. The van der Waals surface area contributed by atoms with Gasteiger partial charge in [0.25, 0.3) is 0 Å². The molecule has 0 aliphatic heterocycles. The van der Waals surface area contributed by atoms with Gasteiger partial charge < -0.3 is 0 Å². The molecule has 0 unspecified atom stereocenters. The van der Waals surface area contributed by atoms with Gasteiger partial charge in [0.2, 0.25) is 0 Å². The molecule has 0 spiro atoms. The number of rotatable bonds is 0. The topological polar surface area (TPSA) is 0 Å². The number of benzene rings is 2. The van der Waals surface area contributed by atoms with E-state index in [0.717, 1.165) is 0 Å². The Morgan fingerprint density at radius 1 is 0.938 bits per heavy atom. The Balaban J connectivity index is 2.63. The average Bonchev–Trinajstić information content (AvgIpc) is 2.74. The zero-order valence-corrected chi connectivity index (χ0v) is 9.50. The normalized spacial score (nSPS) is 21.8. The van der Waals surface area contributed by atoms with Crippen LogP contribution in [0, 0.1) is 6.92 Å². The second kappa shape index (κ2) is 2.98. The van der Waals surface area contributed by atoms with Crippen LogP contribution in [0.5, 0.6) is 0 Å². The van der Waals surface area contributed by atoms with Crippen molar-refractivity contribution in [3.63, 3.8) is 0 Å². The van der Waals surface area contributed by atoms with Gasteiger partial charge in [-0.15, -0.1) is 0 Å². The fourth-order valence-corrected chi connectivity index (χ4v) is 2.25. The predicted molar refractivity (Wildman–Crippen MR) is 68.7 cm³/mol. The molecule has 0 amide bonds. The molecule has 1 aliphatic rings. The van der Waals surface area contributed by atoms with Gasteiger partial charge in [-0.3, -0.25) is 0 Å². The van der Waals surface area contributed by atoms with Crippen LogP contribution in [0.15, 0.2) is 42.3 Å². The molecule has 0 nitrogen and oxygen atoms in total. The second-order valence-electron chi connectivity index (χ2n) is 4.62. The first kappa shape index (κ1) is 4.75. The Morgan fingerprint density at radius 2 is 1.62 bits per heavy atom. The van der Waals surface area contributed by atoms with Gasteiger partial charge in [-0.2, -0.15) is 0 Å². The van der Waals surface area contributed by atoms with Crippen molar-refractivity contribution in [2.45, 2.75) is 26.2 Å². The van der Waals surface area contributed by atoms with Crippen molar-refractivity contribution < 1.29 is 9.60 Å². The van der Waals surface area contributed by atoms with Crippen molar-refractivity contribution in [2.75, 3.05) is 0 Å². The molecule has 3 rings (SSSR count). The van der Waals surface area contributed by atoms with Gasteiger partial charge >= 0.3 is 0 Å². The molecular weight excluding hydrogens is 192 g/mol. The Labute approximate surface area is 107 Å². The summed E-state index contributed by atoms with van der Waals surface area (Å²) in [6.45, 7) is 5.23. The van der Waals surface area contributed by atoms with Gasteiger partial charge in [-0.05, 0) is 29.2 Å². The molecule has 0 heteroatoms. The lowest BCUT2D eigenvalue weighted by Gasteiger charge is -2.21. The first-order valence-corrected chi connectivity index (χ1v) is 5.25. The Morgan fingerprint density at radius 3 is 2.44 bits per heavy atom. The Kier molecular flexibility index (Phi) is 0.883. The number of fused-ring (bicyclic) bond motifs is 3. The molecule has 0 atom stereocenters. The molecule has 0 bridgehead atoms. The van der Waals surface area contributed by atoms with Crippen molar-refractivity contribution in [3.8, 4) is 11.1 Å². The summed E-state index contributed by atoms with van der Waals surface area (Å²) in [5.41, 5.74) is 1.07. The molecule has 1 aliphatic carbocycles. The lowest BCUT2D eigenvalue weighted by molar-refractivity contribution is 0.660. The van der Waals surface area contributed by atoms with Crippen LogP contribution in [0.2, 0.25) is 0 Å². The van der Waals surface area contributed by atoms with E-state index in [1.54, 1.807) is 20.8 Å². The predicted octanol–water partition coefficient (Wildman–Crippen LogP) is 4.30. The van der Waals surface area contributed by atoms with Crippen molar-refractivity contribution in [1.29, 1.82) is 0 Å².